The molecule has 0 aliphatic carbocycles. The zero-order valence-electron chi connectivity index (χ0n) is 18.5. The van der Waals surface area contributed by atoms with Gasteiger partial charge in [0.05, 0.1) is 18.1 Å². The molecule has 1 unspecified atom stereocenters. The second-order valence-electron chi connectivity index (χ2n) is 7.81. The largest absolute Gasteiger partial charge is 0.462 e. The molecule has 6 nitrogen and oxygen atoms in total. The molecule has 0 bridgehead atoms. The smallest absolute Gasteiger partial charge is 0.340 e. The normalized spacial score (nSPS) is 15.1. The Morgan fingerprint density at radius 2 is 1.85 bits per heavy atom. The number of rotatable bonds is 6. The van der Waals surface area contributed by atoms with E-state index in [1.54, 1.807) is 36.6 Å². The Balaban J connectivity index is 1.87. The number of aryl methyl sites for hydroxylation is 2. The van der Waals surface area contributed by atoms with Gasteiger partial charge in [-0.3, -0.25) is 4.79 Å². The second kappa shape index (κ2) is 9.32. The van der Waals surface area contributed by atoms with Crippen LogP contribution in [0.5, 0.6) is 5.75 Å². The number of fused-ring (bicyclic) bond motifs is 1. The predicted molar refractivity (Wildman–Crippen MR) is 122 cm³/mol. The molecular formula is C26H25FN2O4. The third-order valence-electron chi connectivity index (χ3n) is 5.75. The Morgan fingerprint density at radius 3 is 2.55 bits per heavy atom. The number of carbonyl (C=O) groups is 1. The molecule has 0 saturated heterocycles. The van der Waals surface area contributed by atoms with Gasteiger partial charge in [0.2, 0.25) is 5.88 Å². The van der Waals surface area contributed by atoms with Crippen LogP contribution in [0.1, 0.15) is 35.2 Å². The van der Waals surface area contributed by atoms with Gasteiger partial charge in [-0.1, -0.05) is 48.5 Å². The SMILES string of the molecule is CCOC(=O)C1=C(N)Oc2cc(C)n(CCc3ccccc3)c(=O)c2C1c1ccccc1F. The number of nitrogens with zero attached hydrogens (tertiary/aromatic N) is 1. The average molecular weight is 448 g/mol. The van der Waals surface area contributed by atoms with Crippen LogP contribution in [0.25, 0.3) is 0 Å². The van der Waals surface area contributed by atoms with Crippen LogP contribution in [0.3, 0.4) is 0 Å². The first-order chi connectivity index (χ1) is 15.9. The van der Waals surface area contributed by atoms with Crippen LogP contribution < -0.4 is 16.0 Å². The summed E-state index contributed by atoms with van der Waals surface area (Å²) in [6.45, 7) is 3.97. The molecule has 0 radical (unpaired) electrons. The fraction of sp³-hybridized carbons (Fsp3) is 0.231. The zero-order chi connectivity index (χ0) is 23.5. The van der Waals surface area contributed by atoms with E-state index in [9.17, 15) is 14.0 Å². The van der Waals surface area contributed by atoms with E-state index in [4.69, 9.17) is 15.2 Å². The molecule has 1 atom stereocenters. The van der Waals surface area contributed by atoms with Gasteiger partial charge < -0.3 is 19.8 Å². The van der Waals surface area contributed by atoms with Crippen molar-refractivity contribution < 1.29 is 18.7 Å². The van der Waals surface area contributed by atoms with Crippen molar-refractivity contribution >= 4 is 5.97 Å². The fourth-order valence-corrected chi connectivity index (χ4v) is 4.18. The molecule has 4 rings (SSSR count). The van der Waals surface area contributed by atoms with Crippen molar-refractivity contribution in [1.29, 1.82) is 0 Å². The molecule has 1 aliphatic rings. The highest BCUT2D eigenvalue weighted by atomic mass is 19.1. The predicted octanol–water partition coefficient (Wildman–Crippen LogP) is 3.80. The molecule has 1 aromatic heterocycles. The molecule has 0 saturated carbocycles. The molecule has 33 heavy (non-hydrogen) atoms. The standard InChI is InChI=1S/C26H25FN2O4/c1-3-32-26(31)23-21(18-11-7-8-12-19(18)27)22-20(33-24(23)28)15-16(2)29(25(22)30)14-13-17-9-5-4-6-10-17/h4-12,15,21H,3,13-14,28H2,1-2H3. The quantitative estimate of drug-likeness (QED) is 0.580. The van der Waals surface area contributed by atoms with Gasteiger partial charge in [-0.2, -0.15) is 0 Å². The van der Waals surface area contributed by atoms with E-state index in [-0.39, 0.29) is 40.5 Å². The minimum atomic E-state index is -1.05. The minimum absolute atomic E-state index is 0.0787. The van der Waals surface area contributed by atoms with Crippen molar-refractivity contribution in [3.05, 3.63) is 111 Å². The summed E-state index contributed by atoms with van der Waals surface area (Å²) in [5, 5.41) is 0. The molecule has 7 heteroatoms. The van der Waals surface area contributed by atoms with Crippen molar-refractivity contribution in [3.8, 4) is 5.75 Å². The van der Waals surface area contributed by atoms with E-state index in [0.717, 1.165) is 5.56 Å². The molecule has 0 amide bonds. The molecule has 0 fully saturated rings. The van der Waals surface area contributed by atoms with E-state index in [1.807, 2.05) is 30.3 Å². The van der Waals surface area contributed by atoms with E-state index in [1.165, 1.54) is 12.1 Å². The number of pyridine rings is 1. The third kappa shape index (κ3) is 4.26. The molecule has 2 heterocycles. The first-order valence-electron chi connectivity index (χ1n) is 10.8. The maximum absolute atomic E-state index is 14.9. The zero-order valence-corrected chi connectivity index (χ0v) is 18.5. The maximum Gasteiger partial charge on any atom is 0.340 e. The van der Waals surface area contributed by atoms with E-state index >= 15 is 0 Å². The lowest BCUT2D eigenvalue weighted by molar-refractivity contribution is -0.139. The number of esters is 1. The maximum atomic E-state index is 14.9. The van der Waals surface area contributed by atoms with Crippen molar-refractivity contribution in [2.24, 2.45) is 5.73 Å². The number of nitrogens with two attached hydrogens (primary N) is 1. The van der Waals surface area contributed by atoms with Crippen LogP contribution in [0.4, 0.5) is 4.39 Å². The number of hydrogen-bond donors (Lipinski definition) is 1. The highest BCUT2D eigenvalue weighted by Crippen LogP contribution is 2.42. The lowest BCUT2D eigenvalue weighted by atomic mass is 9.83. The summed E-state index contributed by atoms with van der Waals surface area (Å²) in [7, 11) is 0. The van der Waals surface area contributed by atoms with Gasteiger partial charge in [-0.15, -0.1) is 0 Å². The summed E-state index contributed by atoms with van der Waals surface area (Å²) >= 11 is 0. The molecule has 1 aliphatic heterocycles. The first-order valence-corrected chi connectivity index (χ1v) is 10.8. The number of benzene rings is 2. The molecule has 2 aromatic carbocycles. The van der Waals surface area contributed by atoms with Crippen molar-refractivity contribution in [3.63, 3.8) is 0 Å². The monoisotopic (exact) mass is 448 g/mol. The molecule has 3 aromatic rings. The second-order valence-corrected chi connectivity index (χ2v) is 7.81. The van der Waals surface area contributed by atoms with Crippen molar-refractivity contribution in [2.75, 3.05) is 6.61 Å². The topological polar surface area (TPSA) is 83.5 Å². The van der Waals surface area contributed by atoms with Gasteiger partial charge in [0.1, 0.15) is 17.1 Å². The molecule has 170 valence electrons. The van der Waals surface area contributed by atoms with Gasteiger partial charge in [-0.25, -0.2) is 9.18 Å². The summed E-state index contributed by atoms with van der Waals surface area (Å²) < 4.78 is 27.4. The van der Waals surface area contributed by atoms with Crippen molar-refractivity contribution in [1.82, 2.24) is 4.57 Å². The fourth-order valence-electron chi connectivity index (χ4n) is 4.18. The van der Waals surface area contributed by atoms with Crippen LogP contribution in [-0.2, 0) is 22.5 Å². The summed E-state index contributed by atoms with van der Waals surface area (Å²) in [5.74, 6) is -2.34. The highest BCUT2D eigenvalue weighted by Gasteiger charge is 2.39. The Kier molecular flexibility index (Phi) is 6.31. The average Bonchev–Trinajstić information content (AvgIpc) is 2.79. The third-order valence-corrected chi connectivity index (χ3v) is 5.75. The molecular weight excluding hydrogens is 423 g/mol. The van der Waals surface area contributed by atoms with Crippen LogP contribution >= 0.6 is 0 Å². The van der Waals surface area contributed by atoms with E-state index in [2.05, 4.69) is 0 Å². The Hall–Kier alpha value is -3.87. The number of ether oxygens (including phenoxy) is 2. The van der Waals surface area contributed by atoms with Crippen LogP contribution in [0.15, 0.2) is 76.9 Å². The van der Waals surface area contributed by atoms with Crippen molar-refractivity contribution in [2.45, 2.75) is 32.7 Å². The van der Waals surface area contributed by atoms with E-state index < -0.39 is 17.7 Å². The number of aromatic nitrogens is 1. The highest BCUT2D eigenvalue weighted by molar-refractivity contribution is 5.92. The molecule has 2 N–H and O–H groups in total. The van der Waals surface area contributed by atoms with Gasteiger partial charge in [-0.05, 0) is 31.9 Å². The van der Waals surface area contributed by atoms with Gasteiger partial charge in [0.15, 0.2) is 0 Å². The molecule has 0 spiro atoms. The minimum Gasteiger partial charge on any atom is -0.462 e. The number of halogens is 1. The first kappa shape index (κ1) is 22.3. The van der Waals surface area contributed by atoms with Gasteiger partial charge in [0, 0.05) is 23.9 Å². The van der Waals surface area contributed by atoms with E-state index in [0.29, 0.717) is 18.7 Å². The lowest BCUT2D eigenvalue weighted by Crippen LogP contribution is -2.35. The number of carbonyl (C=O) groups excluding carboxylic acids is 1. The van der Waals surface area contributed by atoms with Crippen LogP contribution in [0.2, 0.25) is 0 Å². The Labute approximate surface area is 191 Å². The summed E-state index contributed by atoms with van der Waals surface area (Å²) in [6.07, 6.45) is 0.633. The van der Waals surface area contributed by atoms with Crippen LogP contribution in [0, 0.1) is 12.7 Å². The summed E-state index contributed by atoms with van der Waals surface area (Å²) in [5.41, 5.74) is 7.74. The Bertz CT molecular complexity index is 1280. The van der Waals surface area contributed by atoms with Crippen LogP contribution in [-0.4, -0.2) is 17.1 Å². The number of hydrogen-bond acceptors (Lipinski definition) is 5. The Morgan fingerprint density at radius 1 is 1.15 bits per heavy atom. The van der Waals surface area contributed by atoms with Gasteiger partial charge in [0.25, 0.3) is 5.56 Å². The lowest BCUT2D eigenvalue weighted by Gasteiger charge is -2.29. The van der Waals surface area contributed by atoms with Gasteiger partial charge >= 0.3 is 5.97 Å². The summed E-state index contributed by atoms with van der Waals surface area (Å²) in [4.78, 5) is 26.5. The summed E-state index contributed by atoms with van der Waals surface area (Å²) in [6, 6.07) is 17.5.